The maximum Gasteiger partial charge on any atom is 0.253 e. The molecule has 0 atom stereocenters. The summed E-state index contributed by atoms with van der Waals surface area (Å²) in [4.78, 5) is 15.7. The monoisotopic (exact) mass is 316 g/mol. The van der Waals surface area contributed by atoms with Crippen molar-refractivity contribution in [2.75, 3.05) is 13.2 Å². The van der Waals surface area contributed by atoms with Crippen molar-refractivity contribution in [2.45, 2.75) is 0 Å². The second-order valence-electron chi connectivity index (χ2n) is 5.04. The van der Waals surface area contributed by atoms with Gasteiger partial charge in [0.2, 0.25) is 0 Å². The van der Waals surface area contributed by atoms with Gasteiger partial charge in [-0.05, 0) is 23.6 Å². The van der Waals surface area contributed by atoms with Gasteiger partial charge in [0, 0.05) is 17.8 Å². The predicted molar refractivity (Wildman–Crippen MR) is 93.8 cm³/mol. The maximum absolute atomic E-state index is 11.8. The molecule has 0 fully saturated rings. The minimum absolute atomic E-state index is 0.188. The average molecular weight is 316 g/mol. The van der Waals surface area contributed by atoms with E-state index in [0.29, 0.717) is 5.56 Å². The van der Waals surface area contributed by atoms with Crippen molar-refractivity contribution < 1.29 is 9.53 Å². The molecule has 1 heterocycles. The van der Waals surface area contributed by atoms with Crippen molar-refractivity contribution in [3.63, 3.8) is 0 Å². The number of amides is 1. The summed E-state index contributed by atoms with van der Waals surface area (Å²) in [5, 5.41) is 4.91. The van der Waals surface area contributed by atoms with E-state index in [0.717, 1.165) is 16.5 Å². The summed E-state index contributed by atoms with van der Waals surface area (Å²) in [5.41, 5.74) is 0.520. The molecular weight excluding hydrogens is 300 g/mol. The van der Waals surface area contributed by atoms with Crippen molar-refractivity contribution in [2.24, 2.45) is 0 Å². The average Bonchev–Trinajstić information content (AvgIpc) is 2.65. The van der Waals surface area contributed by atoms with Gasteiger partial charge in [0.05, 0.1) is 12.1 Å². The predicted octanol–water partition coefficient (Wildman–Crippen LogP) is 3.05. The van der Waals surface area contributed by atoms with Crippen LogP contribution in [0.15, 0.2) is 67.0 Å². The summed E-state index contributed by atoms with van der Waals surface area (Å²) >= 11 is 0. The first-order valence-electron chi connectivity index (χ1n) is 7.59. The molecule has 0 radical (unpaired) electrons. The van der Waals surface area contributed by atoms with Crippen LogP contribution >= 0.6 is 0 Å². The Hall–Kier alpha value is -3.32. The minimum Gasteiger partial charge on any atom is -0.480 e. The van der Waals surface area contributed by atoms with Crippen molar-refractivity contribution in [3.05, 3.63) is 72.6 Å². The number of hydrogen-bond donors (Lipinski definition) is 1. The van der Waals surface area contributed by atoms with Gasteiger partial charge in [0.15, 0.2) is 0 Å². The Labute approximate surface area is 140 Å². The van der Waals surface area contributed by atoms with Crippen molar-refractivity contribution in [3.8, 4) is 17.6 Å². The maximum atomic E-state index is 11.8. The molecule has 24 heavy (non-hydrogen) atoms. The third-order valence-corrected chi connectivity index (χ3v) is 3.44. The van der Waals surface area contributed by atoms with Gasteiger partial charge in [-0.2, -0.15) is 0 Å². The number of aromatic nitrogens is 1. The van der Waals surface area contributed by atoms with E-state index in [4.69, 9.17) is 4.74 Å². The number of nitrogens with zero attached hydrogens (tertiary/aromatic N) is 1. The van der Waals surface area contributed by atoms with Crippen LogP contribution in [0.25, 0.3) is 10.8 Å². The summed E-state index contributed by atoms with van der Waals surface area (Å²) in [6.45, 7) is 0.545. The Bertz CT molecular complexity index is 890. The molecule has 0 spiro atoms. The van der Waals surface area contributed by atoms with E-state index in [1.165, 1.54) is 6.20 Å². The number of carbonyl (C=O) groups is 1. The lowest BCUT2D eigenvalue weighted by molar-refractivity contribution is 0.0958. The van der Waals surface area contributed by atoms with Gasteiger partial charge < -0.3 is 10.1 Å². The van der Waals surface area contributed by atoms with E-state index < -0.39 is 0 Å². The number of ether oxygens (including phenoxy) is 1. The number of nitrogens with one attached hydrogen (secondary N) is 1. The van der Waals surface area contributed by atoms with E-state index in [2.05, 4.69) is 22.1 Å². The van der Waals surface area contributed by atoms with Crippen LogP contribution in [-0.2, 0) is 0 Å². The van der Waals surface area contributed by atoms with E-state index in [-0.39, 0.29) is 19.1 Å². The van der Waals surface area contributed by atoms with Crippen molar-refractivity contribution in [1.29, 1.82) is 0 Å². The van der Waals surface area contributed by atoms with Gasteiger partial charge >= 0.3 is 0 Å². The molecule has 1 amide bonds. The number of rotatable bonds is 4. The summed E-state index contributed by atoms with van der Waals surface area (Å²) in [5.74, 6) is 6.40. The van der Waals surface area contributed by atoms with E-state index in [1.54, 1.807) is 18.3 Å². The number of carbonyl (C=O) groups excluding carboxylic acids is 1. The highest BCUT2D eigenvalue weighted by Gasteiger charge is 2.02. The fourth-order valence-electron chi connectivity index (χ4n) is 2.27. The fourth-order valence-corrected chi connectivity index (χ4v) is 2.27. The molecule has 118 valence electrons. The smallest absolute Gasteiger partial charge is 0.253 e. The molecule has 0 saturated heterocycles. The van der Waals surface area contributed by atoms with Crippen LogP contribution in [-0.4, -0.2) is 24.0 Å². The first-order valence-corrected chi connectivity index (χ1v) is 7.59. The number of fused-ring (bicyclic) bond motifs is 1. The molecule has 4 nitrogen and oxygen atoms in total. The molecule has 3 rings (SSSR count). The molecule has 0 saturated carbocycles. The van der Waals surface area contributed by atoms with E-state index in [1.807, 2.05) is 42.5 Å². The lowest BCUT2D eigenvalue weighted by atomic mass is 10.1. The highest BCUT2D eigenvalue weighted by Crippen LogP contribution is 2.24. The lowest BCUT2D eigenvalue weighted by Gasteiger charge is -2.06. The fraction of sp³-hybridized carbons (Fsp3) is 0.100. The zero-order valence-corrected chi connectivity index (χ0v) is 13.0. The van der Waals surface area contributed by atoms with E-state index in [9.17, 15) is 4.79 Å². The van der Waals surface area contributed by atoms with Crippen LogP contribution < -0.4 is 10.1 Å². The standard InChI is InChI=1S/C20H16N2O2/c23-20(17-9-6-12-21-15-17)22-13-3-4-14-24-19-11-5-8-16-7-1-2-10-18(16)19/h1-2,5-12,15H,13-14H2,(H,22,23). The highest BCUT2D eigenvalue weighted by molar-refractivity contribution is 5.93. The third-order valence-electron chi connectivity index (χ3n) is 3.44. The van der Waals surface area contributed by atoms with Gasteiger partial charge in [-0.25, -0.2) is 0 Å². The van der Waals surface area contributed by atoms with Crippen molar-refractivity contribution in [1.82, 2.24) is 10.3 Å². The van der Waals surface area contributed by atoms with Gasteiger partial charge in [-0.15, -0.1) is 0 Å². The molecule has 2 aromatic carbocycles. The van der Waals surface area contributed by atoms with Gasteiger partial charge in [-0.3, -0.25) is 9.78 Å². The quantitative estimate of drug-likeness (QED) is 0.753. The Morgan fingerprint density at radius 1 is 1.04 bits per heavy atom. The largest absolute Gasteiger partial charge is 0.480 e. The Morgan fingerprint density at radius 3 is 2.79 bits per heavy atom. The summed E-state index contributed by atoms with van der Waals surface area (Å²) in [7, 11) is 0. The molecule has 0 aliphatic rings. The molecule has 0 unspecified atom stereocenters. The Balaban J connectivity index is 1.50. The third kappa shape index (κ3) is 3.90. The first kappa shape index (κ1) is 15.6. The van der Waals surface area contributed by atoms with Crippen LogP contribution in [0.1, 0.15) is 10.4 Å². The van der Waals surface area contributed by atoms with Crippen molar-refractivity contribution >= 4 is 16.7 Å². The minimum atomic E-state index is -0.188. The van der Waals surface area contributed by atoms with E-state index >= 15 is 0 Å². The normalized spacial score (nSPS) is 9.83. The zero-order chi connectivity index (χ0) is 16.6. The van der Waals surface area contributed by atoms with Crippen LogP contribution in [0.4, 0.5) is 0 Å². The van der Waals surface area contributed by atoms with Crippen LogP contribution in [0.5, 0.6) is 5.75 Å². The molecule has 3 aromatic rings. The summed E-state index contributed by atoms with van der Waals surface area (Å²) in [6.07, 6.45) is 3.15. The second kappa shape index (κ2) is 7.80. The molecule has 1 N–H and O–H groups in total. The first-order chi connectivity index (χ1) is 11.8. The number of benzene rings is 2. The molecule has 1 aromatic heterocycles. The molecule has 0 bridgehead atoms. The van der Waals surface area contributed by atoms with Gasteiger partial charge in [0.1, 0.15) is 12.4 Å². The van der Waals surface area contributed by atoms with Crippen LogP contribution in [0, 0.1) is 11.8 Å². The zero-order valence-electron chi connectivity index (χ0n) is 13.0. The van der Waals surface area contributed by atoms with Gasteiger partial charge in [-0.1, -0.05) is 48.2 Å². The number of hydrogen-bond acceptors (Lipinski definition) is 3. The summed E-state index contributed by atoms with van der Waals surface area (Å²) < 4.78 is 5.71. The SMILES string of the molecule is O=C(NCC#CCOc1cccc2ccccc12)c1cccnc1. The van der Waals surface area contributed by atoms with Crippen LogP contribution in [0.3, 0.4) is 0 Å². The highest BCUT2D eigenvalue weighted by atomic mass is 16.5. The lowest BCUT2D eigenvalue weighted by Crippen LogP contribution is -2.23. The summed E-state index contributed by atoms with van der Waals surface area (Å²) in [6, 6.07) is 17.4. The topological polar surface area (TPSA) is 51.2 Å². The van der Waals surface area contributed by atoms with Gasteiger partial charge in [0.25, 0.3) is 5.91 Å². The molecule has 0 aliphatic carbocycles. The Kier molecular flexibility index (Phi) is 5.06. The number of pyridine rings is 1. The molecular formula is C20H16N2O2. The van der Waals surface area contributed by atoms with Crippen LogP contribution in [0.2, 0.25) is 0 Å². The molecule has 4 heteroatoms. The molecule has 0 aliphatic heterocycles. The Morgan fingerprint density at radius 2 is 1.92 bits per heavy atom. The second-order valence-corrected chi connectivity index (χ2v) is 5.04.